The Morgan fingerprint density at radius 1 is 0.180 bits per heavy atom. The monoisotopic (exact) mass is 632 g/mol. The van der Waals surface area contributed by atoms with Gasteiger partial charge in [0.05, 0.1) is 0 Å². The normalized spacial score (nSPS) is 11.6. The Morgan fingerprint density at radius 2 is 0.480 bits per heavy atom. The second kappa shape index (κ2) is 11.6. The maximum Gasteiger partial charge on any atom is -0.00261 e. The molecule has 1 aliphatic rings. The Labute approximate surface area is 292 Å². The van der Waals surface area contributed by atoms with E-state index in [4.69, 9.17) is 0 Å². The molecule has 0 aromatic heterocycles. The summed E-state index contributed by atoms with van der Waals surface area (Å²) in [6, 6.07) is 71.4. The minimum atomic E-state index is 1.23. The van der Waals surface area contributed by atoms with Crippen LogP contribution in [0.15, 0.2) is 194 Å². The van der Waals surface area contributed by atoms with Gasteiger partial charge in [0.15, 0.2) is 0 Å². The van der Waals surface area contributed by atoms with E-state index >= 15 is 0 Å². The molecule has 0 saturated heterocycles. The summed E-state index contributed by atoms with van der Waals surface area (Å²) in [6.45, 7) is 0. The van der Waals surface area contributed by atoms with Crippen LogP contribution in [0.4, 0.5) is 0 Å². The smallest absolute Gasteiger partial charge is 0.00261 e. The second-order valence-corrected chi connectivity index (χ2v) is 13.2. The fraction of sp³-hybridized carbons (Fsp3) is 0. The van der Waals surface area contributed by atoms with Crippen LogP contribution in [0.25, 0.3) is 99.4 Å². The summed E-state index contributed by atoms with van der Waals surface area (Å²) >= 11 is 0. The van der Waals surface area contributed by atoms with Crippen molar-refractivity contribution in [2.24, 2.45) is 0 Å². The number of hydrogen-bond donors (Lipinski definition) is 0. The maximum absolute atomic E-state index is 2.45. The SMILES string of the molecule is c1ccc(-c2ccc(-c3c4ccccc4c(-c4ccc5c(c4)-c4ccccc4-c4ccccc4-c4ccccc4-5)c4ccccc34)cc2)cc1. The zero-order chi connectivity index (χ0) is 33.0. The highest BCUT2D eigenvalue weighted by atomic mass is 14.3. The lowest BCUT2D eigenvalue weighted by molar-refractivity contribution is 1.52. The van der Waals surface area contributed by atoms with Crippen LogP contribution in [0, 0.1) is 0 Å². The number of benzene rings is 9. The van der Waals surface area contributed by atoms with Crippen LogP contribution >= 0.6 is 0 Å². The Bertz CT molecular complexity index is 2670. The Morgan fingerprint density at radius 3 is 0.940 bits per heavy atom. The minimum absolute atomic E-state index is 1.23. The molecule has 0 amide bonds. The van der Waals surface area contributed by atoms with E-state index in [2.05, 4.69) is 194 Å². The van der Waals surface area contributed by atoms with Crippen molar-refractivity contribution in [1.29, 1.82) is 0 Å². The van der Waals surface area contributed by atoms with Crippen molar-refractivity contribution < 1.29 is 0 Å². The van der Waals surface area contributed by atoms with Crippen molar-refractivity contribution in [2.45, 2.75) is 0 Å². The molecule has 0 atom stereocenters. The molecule has 0 spiro atoms. The van der Waals surface area contributed by atoms with Gasteiger partial charge in [-0.15, -0.1) is 0 Å². The molecule has 0 fully saturated rings. The summed E-state index contributed by atoms with van der Waals surface area (Å²) in [4.78, 5) is 0. The topological polar surface area (TPSA) is 0 Å². The average molecular weight is 633 g/mol. The number of fused-ring (bicyclic) bond motifs is 10. The third kappa shape index (κ3) is 4.46. The van der Waals surface area contributed by atoms with E-state index in [0.717, 1.165) is 0 Å². The zero-order valence-corrected chi connectivity index (χ0v) is 27.5. The molecule has 0 heterocycles. The van der Waals surface area contributed by atoms with Crippen LogP contribution in [-0.4, -0.2) is 0 Å². The van der Waals surface area contributed by atoms with E-state index in [1.165, 1.54) is 99.4 Å². The summed E-state index contributed by atoms with van der Waals surface area (Å²) in [5.74, 6) is 0. The quantitative estimate of drug-likeness (QED) is 0.170. The van der Waals surface area contributed by atoms with E-state index in [0.29, 0.717) is 0 Å². The fourth-order valence-corrected chi connectivity index (χ4v) is 8.23. The van der Waals surface area contributed by atoms with Gasteiger partial charge in [0.25, 0.3) is 0 Å². The van der Waals surface area contributed by atoms with E-state index in [1.54, 1.807) is 0 Å². The Hall–Kier alpha value is -6.50. The first kappa shape index (κ1) is 28.5. The van der Waals surface area contributed by atoms with Crippen molar-refractivity contribution in [3.63, 3.8) is 0 Å². The van der Waals surface area contributed by atoms with Crippen molar-refractivity contribution in [1.82, 2.24) is 0 Å². The highest BCUT2D eigenvalue weighted by Crippen LogP contribution is 2.50. The van der Waals surface area contributed by atoms with Gasteiger partial charge in [0.1, 0.15) is 0 Å². The van der Waals surface area contributed by atoms with Crippen molar-refractivity contribution >= 4 is 21.5 Å². The van der Waals surface area contributed by atoms with Crippen LogP contribution in [-0.2, 0) is 0 Å². The molecular weight excluding hydrogens is 601 g/mol. The van der Waals surface area contributed by atoms with Crippen molar-refractivity contribution in [3.8, 4) is 77.9 Å². The van der Waals surface area contributed by atoms with Crippen molar-refractivity contribution in [2.75, 3.05) is 0 Å². The Kier molecular flexibility index (Phi) is 6.60. The third-order valence-electron chi connectivity index (χ3n) is 10.5. The van der Waals surface area contributed by atoms with Gasteiger partial charge in [-0.2, -0.15) is 0 Å². The lowest BCUT2D eigenvalue weighted by Gasteiger charge is -2.24. The van der Waals surface area contributed by atoms with E-state index in [9.17, 15) is 0 Å². The summed E-state index contributed by atoms with van der Waals surface area (Å²) in [5.41, 5.74) is 17.6. The van der Waals surface area contributed by atoms with Gasteiger partial charge in [0, 0.05) is 0 Å². The highest BCUT2D eigenvalue weighted by molar-refractivity contribution is 6.22. The van der Waals surface area contributed by atoms with Crippen LogP contribution in [0.2, 0.25) is 0 Å². The zero-order valence-electron chi connectivity index (χ0n) is 27.5. The van der Waals surface area contributed by atoms with Crippen LogP contribution in [0.3, 0.4) is 0 Å². The minimum Gasteiger partial charge on any atom is -0.0622 e. The molecule has 50 heavy (non-hydrogen) atoms. The number of hydrogen-bond acceptors (Lipinski definition) is 0. The maximum atomic E-state index is 2.45. The average Bonchev–Trinajstić information content (AvgIpc) is 3.19. The molecular formula is C50H32. The molecule has 10 rings (SSSR count). The standard InChI is InChI=1S/C50H32/c1-2-14-33(15-3-1)34-26-28-35(29-27-34)49-44-22-10-12-24-46(44)50(47-25-13-11-23-45(47)49)36-30-31-43-41-20-7-6-18-39(41)37-16-4-5-17-38(37)40-19-8-9-21-42(40)48(43)32-36/h1-32H. The molecule has 1 aliphatic carbocycles. The van der Waals surface area contributed by atoms with Crippen LogP contribution in [0.5, 0.6) is 0 Å². The van der Waals surface area contributed by atoms with E-state index in [-0.39, 0.29) is 0 Å². The molecule has 0 N–H and O–H groups in total. The largest absolute Gasteiger partial charge is 0.0622 e. The molecule has 0 radical (unpaired) electrons. The molecule has 0 nitrogen and oxygen atoms in total. The first-order valence-corrected chi connectivity index (χ1v) is 17.4. The molecule has 0 saturated carbocycles. The highest BCUT2D eigenvalue weighted by Gasteiger charge is 2.23. The molecule has 0 unspecified atom stereocenters. The predicted molar refractivity (Wildman–Crippen MR) is 213 cm³/mol. The third-order valence-corrected chi connectivity index (χ3v) is 10.5. The lowest BCUT2D eigenvalue weighted by Crippen LogP contribution is -1.97. The van der Waals surface area contributed by atoms with Gasteiger partial charge in [-0.05, 0) is 105 Å². The van der Waals surface area contributed by atoms with Gasteiger partial charge >= 0.3 is 0 Å². The summed E-state index contributed by atoms with van der Waals surface area (Å²) < 4.78 is 0. The summed E-state index contributed by atoms with van der Waals surface area (Å²) in [7, 11) is 0. The molecule has 232 valence electrons. The van der Waals surface area contributed by atoms with Gasteiger partial charge in [-0.3, -0.25) is 0 Å². The van der Waals surface area contributed by atoms with Crippen LogP contribution in [0.1, 0.15) is 0 Å². The lowest BCUT2D eigenvalue weighted by atomic mass is 9.79. The van der Waals surface area contributed by atoms with Gasteiger partial charge in [0.2, 0.25) is 0 Å². The molecule has 0 bridgehead atoms. The van der Waals surface area contributed by atoms with Gasteiger partial charge in [-0.1, -0.05) is 188 Å². The van der Waals surface area contributed by atoms with Gasteiger partial charge in [-0.25, -0.2) is 0 Å². The molecule has 9 aromatic carbocycles. The first-order chi connectivity index (χ1) is 24.8. The summed E-state index contributed by atoms with van der Waals surface area (Å²) in [6.07, 6.45) is 0. The Balaban J connectivity index is 1.23. The first-order valence-electron chi connectivity index (χ1n) is 17.4. The molecule has 0 heteroatoms. The van der Waals surface area contributed by atoms with E-state index in [1.807, 2.05) is 0 Å². The van der Waals surface area contributed by atoms with Crippen molar-refractivity contribution in [3.05, 3.63) is 194 Å². The molecule has 9 aromatic rings. The second-order valence-electron chi connectivity index (χ2n) is 13.2. The van der Waals surface area contributed by atoms with Crippen LogP contribution < -0.4 is 0 Å². The molecule has 0 aliphatic heterocycles. The predicted octanol–water partition coefficient (Wildman–Crippen LogP) is 14.0. The van der Waals surface area contributed by atoms with E-state index < -0.39 is 0 Å². The number of rotatable bonds is 3. The fourth-order valence-electron chi connectivity index (χ4n) is 8.23. The van der Waals surface area contributed by atoms with Gasteiger partial charge < -0.3 is 0 Å². The summed E-state index contributed by atoms with van der Waals surface area (Å²) in [5, 5.41) is 5.05.